The number of hydrogen-bond donors (Lipinski definition) is 0. The quantitative estimate of drug-likeness (QED) is 0.792. The lowest BCUT2D eigenvalue weighted by atomic mass is 10.1. The number of aromatic nitrogens is 3. The zero-order valence-corrected chi connectivity index (χ0v) is 11.9. The molecule has 0 amide bonds. The molecule has 0 N–H and O–H groups in total. The third-order valence-electron chi connectivity index (χ3n) is 4.05. The van der Waals surface area contributed by atoms with E-state index in [1.165, 1.54) is 54.4 Å². The van der Waals surface area contributed by atoms with Gasteiger partial charge in [0.05, 0.1) is 17.2 Å². The third kappa shape index (κ3) is 2.37. The van der Waals surface area contributed by atoms with Crippen molar-refractivity contribution in [2.24, 2.45) is 0 Å². The van der Waals surface area contributed by atoms with Crippen LogP contribution < -0.4 is 0 Å². The Labute approximate surface area is 114 Å². The van der Waals surface area contributed by atoms with Crippen molar-refractivity contribution in [3.8, 4) is 0 Å². The first-order valence-electron chi connectivity index (χ1n) is 7.22. The Morgan fingerprint density at radius 2 is 2.05 bits per heavy atom. The lowest BCUT2D eigenvalue weighted by Crippen LogP contribution is -2.19. The molecule has 0 bridgehead atoms. The molecule has 0 aromatic carbocycles. The molecule has 3 rings (SSSR count). The van der Waals surface area contributed by atoms with Crippen molar-refractivity contribution < 1.29 is 0 Å². The maximum Gasteiger partial charge on any atom is 0.116 e. The molecular weight excluding hydrogens is 236 g/mol. The average molecular weight is 258 g/mol. The van der Waals surface area contributed by atoms with Gasteiger partial charge in [0.2, 0.25) is 0 Å². The second-order valence-corrected chi connectivity index (χ2v) is 5.70. The molecule has 1 aliphatic carbocycles. The Balaban J connectivity index is 2.09. The number of aryl methyl sites for hydroxylation is 1. The summed E-state index contributed by atoms with van der Waals surface area (Å²) in [6.07, 6.45) is 9.98. The van der Waals surface area contributed by atoms with Crippen LogP contribution in [0.1, 0.15) is 30.5 Å². The second kappa shape index (κ2) is 5.29. The highest BCUT2D eigenvalue weighted by Gasteiger charge is 2.19. The summed E-state index contributed by atoms with van der Waals surface area (Å²) in [5, 5.41) is 0. The van der Waals surface area contributed by atoms with E-state index in [1.807, 2.05) is 6.20 Å². The van der Waals surface area contributed by atoms with E-state index >= 15 is 0 Å². The molecule has 0 unspecified atom stereocenters. The van der Waals surface area contributed by atoms with Crippen LogP contribution in [0.3, 0.4) is 0 Å². The van der Waals surface area contributed by atoms with Gasteiger partial charge >= 0.3 is 0 Å². The predicted octanol–water partition coefficient (Wildman–Crippen LogP) is 2.26. The number of nitrogens with zero attached hydrogens (tertiary/aromatic N) is 4. The van der Waals surface area contributed by atoms with Crippen molar-refractivity contribution in [2.75, 3.05) is 20.6 Å². The Morgan fingerprint density at radius 1 is 1.21 bits per heavy atom. The number of likely N-dealkylation sites (N-methyl/N-ethyl adjacent to an activating group) is 1. The number of fused-ring (bicyclic) bond motifs is 3. The van der Waals surface area contributed by atoms with Crippen LogP contribution in [0.25, 0.3) is 11.0 Å². The van der Waals surface area contributed by atoms with E-state index in [2.05, 4.69) is 33.5 Å². The van der Waals surface area contributed by atoms with Crippen LogP contribution in [0.15, 0.2) is 12.5 Å². The molecule has 4 nitrogen and oxygen atoms in total. The summed E-state index contributed by atoms with van der Waals surface area (Å²) >= 11 is 0. The minimum Gasteiger partial charge on any atom is -0.340 e. The molecule has 102 valence electrons. The van der Waals surface area contributed by atoms with Crippen molar-refractivity contribution in [3.05, 3.63) is 23.8 Å². The summed E-state index contributed by atoms with van der Waals surface area (Å²) in [4.78, 5) is 11.0. The van der Waals surface area contributed by atoms with Gasteiger partial charge in [-0.15, -0.1) is 0 Å². The molecule has 2 aromatic heterocycles. The van der Waals surface area contributed by atoms with Gasteiger partial charge in [0.15, 0.2) is 0 Å². The van der Waals surface area contributed by atoms with Gasteiger partial charge in [-0.25, -0.2) is 9.97 Å². The normalized spacial score (nSPS) is 15.7. The summed E-state index contributed by atoms with van der Waals surface area (Å²) in [6.45, 7) is 2.09. The molecule has 19 heavy (non-hydrogen) atoms. The summed E-state index contributed by atoms with van der Waals surface area (Å²) in [7, 11) is 4.25. The van der Waals surface area contributed by atoms with Gasteiger partial charge in [0.25, 0.3) is 0 Å². The third-order valence-corrected chi connectivity index (χ3v) is 4.05. The fourth-order valence-electron chi connectivity index (χ4n) is 3.07. The lowest BCUT2D eigenvalue weighted by molar-refractivity contribution is 0.384. The van der Waals surface area contributed by atoms with Gasteiger partial charge in [-0.1, -0.05) is 6.42 Å². The van der Waals surface area contributed by atoms with Gasteiger partial charge in [0.1, 0.15) is 6.33 Å². The molecule has 0 radical (unpaired) electrons. The molecule has 0 aliphatic heterocycles. The van der Waals surface area contributed by atoms with E-state index in [4.69, 9.17) is 0 Å². The SMILES string of the molecule is CN(C)CCn1c2c(c3ncncc31)CCCCC2. The van der Waals surface area contributed by atoms with Crippen molar-refractivity contribution in [3.63, 3.8) is 0 Å². The van der Waals surface area contributed by atoms with Crippen LogP contribution in [0.5, 0.6) is 0 Å². The maximum absolute atomic E-state index is 4.54. The van der Waals surface area contributed by atoms with Gasteiger partial charge in [-0.3, -0.25) is 0 Å². The molecule has 0 spiro atoms. The Kier molecular flexibility index (Phi) is 3.51. The summed E-state index contributed by atoms with van der Waals surface area (Å²) in [6, 6.07) is 0. The van der Waals surface area contributed by atoms with Crippen molar-refractivity contribution >= 4 is 11.0 Å². The fraction of sp³-hybridized carbons (Fsp3) is 0.600. The van der Waals surface area contributed by atoms with E-state index in [1.54, 1.807) is 6.33 Å². The Bertz CT molecular complexity index is 571. The van der Waals surface area contributed by atoms with Crippen molar-refractivity contribution in [1.29, 1.82) is 0 Å². The van der Waals surface area contributed by atoms with Crippen LogP contribution in [0.2, 0.25) is 0 Å². The zero-order valence-electron chi connectivity index (χ0n) is 11.9. The summed E-state index contributed by atoms with van der Waals surface area (Å²) in [5.41, 5.74) is 5.39. The van der Waals surface area contributed by atoms with Gasteiger partial charge in [-0.05, 0) is 45.3 Å². The van der Waals surface area contributed by atoms with Gasteiger partial charge < -0.3 is 9.47 Å². The number of rotatable bonds is 3. The zero-order chi connectivity index (χ0) is 13.2. The smallest absolute Gasteiger partial charge is 0.116 e. The Morgan fingerprint density at radius 3 is 2.89 bits per heavy atom. The highest BCUT2D eigenvalue weighted by molar-refractivity contribution is 5.80. The van der Waals surface area contributed by atoms with E-state index in [0.29, 0.717) is 0 Å². The molecule has 4 heteroatoms. The molecular formula is C15H22N4. The van der Waals surface area contributed by atoms with E-state index in [-0.39, 0.29) is 0 Å². The van der Waals surface area contributed by atoms with Crippen molar-refractivity contribution in [1.82, 2.24) is 19.4 Å². The van der Waals surface area contributed by atoms with Gasteiger partial charge in [0, 0.05) is 18.8 Å². The minimum absolute atomic E-state index is 1.03. The molecule has 1 aliphatic rings. The standard InChI is InChI=1S/C15H22N4/c1-18(2)8-9-19-13-7-5-3-4-6-12(13)15-14(19)10-16-11-17-15/h10-11H,3-9H2,1-2H3. The van der Waals surface area contributed by atoms with Crippen LogP contribution >= 0.6 is 0 Å². The number of hydrogen-bond acceptors (Lipinski definition) is 3. The highest BCUT2D eigenvalue weighted by atomic mass is 15.1. The first-order valence-corrected chi connectivity index (χ1v) is 7.22. The lowest BCUT2D eigenvalue weighted by Gasteiger charge is -2.14. The molecule has 0 atom stereocenters. The fourth-order valence-corrected chi connectivity index (χ4v) is 3.07. The molecule has 2 heterocycles. The summed E-state index contributed by atoms with van der Waals surface area (Å²) < 4.78 is 2.45. The van der Waals surface area contributed by atoms with E-state index in [9.17, 15) is 0 Å². The van der Waals surface area contributed by atoms with Crippen LogP contribution in [-0.4, -0.2) is 40.1 Å². The molecule has 0 saturated carbocycles. The predicted molar refractivity (Wildman–Crippen MR) is 77.3 cm³/mol. The van der Waals surface area contributed by atoms with Gasteiger partial charge in [-0.2, -0.15) is 0 Å². The van der Waals surface area contributed by atoms with Crippen LogP contribution in [0, 0.1) is 0 Å². The first kappa shape index (κ1) is 12.6. The molecule has 0 saturated heterocycles. The maximum atomic E-state index is 4.54. The highest BCUT2D eigenvalue weighted by Crippen LogP contribution is 2.29. The van der Waals surface area contributed by atoms with Crippen LogP contribution in [0.4, 0.5) is 0 Å². The molecule has 0 fully saturated rings. The van der Waals surface area contributed by atoms with Crippen molar-refractivity contribution in [2.45, 2.75) is 38.6 Å². The first-order chi connectivity index (χ1) is 9.27. The average Bonchev–Trinajstić information content (AvgIpc) is 2.56. The second-order valence-electron chi connectivity index (χ2n) is 5.70. The summed E-state index contributed by atoms with van der Waals surface area (Å²) in [5.74, 6) is 0. The van der Waals surface area contributed by atoms with E-state index in [0.717, 1.165) is 13.1 Å². The minimum atomic E-state index is 1.03. The Hall–Kier alpha value is -1.42. The van der Waals surface area contributed by atoms with E-state index < -0.39 is 0 Å². The molecule has 2 aromatic rings. The topological polar surface area (TPSA) is 34.0 Å². The monoisotopic (exact) mass is 258 g/mol. The van der Waals surface area contributed by atoms with Crippen LogP contribution in [-0.2, 0) is 19.4 Å². The largest absolute Gasteiger partial charge is 0.340 e.